The van der Waals surface area contributed by atoms with Crippen molar-refractivity contribution >= 4 is 23.4 Å². The van der Waals surface area contributed by atoms with Gasteiger partial charge in [0.1, 0.15) is 11.5 Å². The zero-order chi connectivity index (χ0) is 24.3. The van der Waals surface area contributed by atoms with Crippen LogP contribution in [-0.4, -0.2) is 67.4 Å². The average molecular weight is 468 g/mol. The highest BCUT2D eigenvalue weighted by Crippen LogP contribution is 2.21. The van der Waals surface area contributed by atoms with E-state index in [1.807, 2.05) is 37.3 Å². The fourth-order valence-corrected chi connectivity index (χ4v) is 3.99. The van der Waals surface area contributed by atoms with Gasteiger partial charge in [0.25, 0.3) is 0 Å². The molecule has 0 atom stereocenters. The molecule has 0 spiro atoms. The molecule has 2 aromatic rings. The summed E-state index contributed by atoms with van der Waals surface area (Å²) in [6.07, 6.45) is 1.50. The Hall–Kier alpha value is -3.55. The lowest BCUT2D eigenvalue weighted by atomic mass is 9.95. The van der Waals surface area contributed by atoms with E-state index in [1.54, 1.807) is 41.2 Å². The maximum Gasteiger partial charge on any atom is 0.243 e. The molecule has 0 saturated carbocycles. The number of para-hydroxylation sites is 1. The third-order valence-corrected chi connectivity index (χ3v) is 5.91. The molecule has 2 aromatic carbocycles. The number of amides is 3. The number of carbonyl (C=O) groups excluding carboxylic acids is 3. The zero-order valence-electron chi connectivity index (χ0n) is 19.9. The predicted octanol–water partition coefficient (Wildman–Crippen LogP) is 3.19. The van der Waals surface area contributed by atoms with E-state index in [2.05, 4.69) is 5.32 Å². The van der Waals surface area contributed by atoms with E-state index >= 15 is 0 Å². The Balaban J connectivity index is 1.42. The third kappa shape index (κ3) is 7.23. The minimum atomic E-state index is -0.255. The van der Waals surface area contributed by atoms with Crippen LogP contribution in [0.2, 0.25) is 0 Å². The highest BCUT2D eigenvalue weighted by Gasteiger charge is 2.30. The first-order chi connectivity index (χ1) is 16.5. The number of nitrogens with zero attached hydrogens (tertiary/aromatic N) is 2. The van der Waals surface area contributed by atoms with E-state index in [1.165, 1.54) is 0 Å². The number of methoxy groups -OCH3 is 1. The standard InChI is InChI=1S/C26H33N3O5/c1-3-28(19-24(30)27-21-8-7-11-23(18-21)33-2)26(32)20-12-15-29(16-13-20)25(31)14-17-34-22-9-5-4-6-10-22/h4-11,18,20H,3,12-17,19H2,1-2H3,(H,27,30). The zero-order valence-corrected chi connectivity index (χ0v) is 19.9. The summed E-state index contributed by atoms with van der Waals surface area (Å²) in [5.41, 5.74) is 0.621. The molecule has 34 heavy (non-hydrogen) atoms. The number of hydrogen-bond acceptors (Lipinski definition) is 5. The van der Waals surface area contributed by atoms with Crippen LogP contribution in [0.5, 0.6) is 11.5 Å². The molecule has 1 N–H and O–H groups in total. The molecule has 3 amide bonds. The molecular weight excluding hydrogens is 434 g/mol. The van der Waals surface area contributed by atoms with Gasteiger partial charge < -0.3 is 24.6 Å². The molecule has 8 nitrogen and oxygen atoms in total. The summed E-state index contributed by atoms with van der Waals surface area (Å²) in [5.74, 6) is 0.946. The Morgan fingerprint density at radius 1 is 1.03 bits per heavy atom. The van der Waals surface area contributed by atoms with Crippen molar-refractivity contribution < 1.29 is 23.9 Å². The van der Waals surface area contributed by atoms with Crippen molar-refractivity contribution in [1.29, 1.82) is 0 Å². The van der Waals surface area contributed by atoms with E-state index < -0.39 is 0 Å². The molecule has 0 aromatic heterocycles. The molecule has 182 valence electrons. The molecule has 1 aliphatic rings. The van der Waals surface area contributed by atoms with Crippen LogP contribution in [0, 0.1) is 5.92 Å². The normalized spacial score (nSPS) is 13.8. The Labute approximate surface area is 200 Å². The van der Waals surface area contributed by atoms with Crippen molar-refractivity contribution in [2.75, 3.05) is 45.2 Å². The second kappa shape index (κ2) is 12.6. The van der Waals surface area contributed by atoms with Crippen LogP contribution in [0.1, 0.15) is 26.2 Å². The van der Waals surface area contributed by atoms with Gasteiger partial charge in [-0.2, -0.15) is 0 Å². The number of anilines is 1. The lowest BCUT2D eigenvalue weighted by molar-refractivity contribution is -0.142. The average Bonchev–Trinajstić information content (AvgIpc) is 2.87. The summed E-state index contributed by atoms with van der Waals surface area (Å²) in [7, 11) is 1.57. The van der Waals surface area contributed by atoms with E-state index in [9.17, 15) is 14.4 Å². The minimum Gasteiger partial charge on any atom is -0.497 e. The second-order valence-corrected chi connectivity index (χ2v) is 8.20. The van der Waals surface area contributed by atoms with Crippen molar-refractivity contribution in [3.63, 3.8) is 0 Å². The number of carbonyl (C=O) groups is 3. The first-order valence-electron chi connectivity index (χ1n) is 11.7. The third-order valence-electron chi connectivity index (χ3n) is 5.91. The maximum absolute atomic E-state index is 13.0. The SMILES string of the molecule is CCN(CC(=O)Nc1cccc(OC)c1)C(=O)C1CCN(C(=O)CCOc2ccccc2)CC1. The second-order valence-electron chi connectivity index (χ2n) is 8.20. The molecular formula is C26H33N3O5. The summed E-state index contributed by atoms with van der Waals surface area (Å²) < 4.78 is 10.8. The number of piperidine rings is 1. The van der Waals surface area contributed by atoms with Crippen molar-refractivity contribution in [2.45, 2.75) is 26.2 Å². The van der Waals surface area contributed by atoms with Gasteiger partial charge in [0.05, 0.1) is 26.7 Å². The number of ether oxygens (including phenoxy) is 2. The number of benzene rings is 2. The topological polar surface area (TPSA) is 88.2 Å². The lowest BCUT2D eigenvalue weighted by Gasteiger charge is -2.34. The van der Waals surface area contributed by atoms with Crippen molar-refractivity contribution in [3.8, 4) is 11.5 Å². The van der Waals surface area contributed by atoms with Crippen LogP contribution in [0.3, 0.4) is 0 Å². The molecule has 0 bridgehead atoms. The van der Waals surface area contributed by atoms with Gasteiger partial charge in [-0.15, -0.1) is 0 Å². The molecule has 1 fully saturated rings. The van der Waals surface area contributed by atoms with Crippen LogP contribution >= 0.6 is 0 Å². The molecule has 1 heterocycles. The highest BCUT2D eigenvalue weighted by atomic mass is 16.5. The number of nitrogens with one attached hydrogen (secondary N) is 1. The van der Waals surface area contributed by atoms with Gasteiger partial charge in [-0.3, -0.25) is 14.4 Å². The smallest absolute Gasteiger partial charge is 0.243 e. The van der Waals surface area contributed by atoms with E-state index in [4.69, 9.17) is 9.47 Å². The lowest BCUT2D eigenvalue weighted by Crippen LogP contribution is -2.46. The Morgan fingerprint density at radius 3 is 2.41 bits per heavy atom. The largest absolute Gasteiger partial charge is 0.497 e. The summed E-state index contributed by atoms with van der Waals surface area (Å²) in [6.45, 7) is 3.70. The molecule has 0 unspecified atom stereocenters. The number of likely N-dealkylation sites (N-methyl/N-ethyl adjacent to an activating group) is 1. The predicted molar refractivity (Wildman–Crippen MR) is 130 cm³/mol. The van der Waals surface area contributed by atoms with E-state index in [0.717, 1.165) is 5.75 Å². The van der Waals surface area contributed by atoms with Gasteiger partial charge >= 0.3 is 0 Å². The van der Waals surface area contributed by atoms with E-state index in [-0.39, 0.29) is 30.2 Å². The van der Waals surface area contributed by atoms with Crippen molar-refractivity contribution in [2.24, 2.45) is 5.92 Å². The van der Waals surface area contributed by atoms with Crippen LogP contribution in [-0.2, 0) is 14.4 Å². The first-order valence-corrected chi connectivity index (χ1v) is 11.7. The summed E-state index contributed by atoms with van der Waals surface area (Å²) in [5, 5.41) is 2.81. The molecule has 1 aliphatic heterocycles. The van der Waals surface area contributed by atoms with E-state index in [0.29, 0.717) is 56.9 Å². The summed E-state index contributed by atoms with van der Waals surface area (Å²) in [4.78, 5) is 41.4. The fourth-order valence-electron chi connectivity index (χ4n) is 3.99. The van der Waals surface area contributed by atoms with Gasteiger partial charge in [-0.25, -0.2) is 0 Å². The maximum atomic E-state index is 13.0. The Bertz CT molecular complexity index is 958. The minimum absolute atomic E-state index is 0.0114. The van der Waals surface area contributed by atoms with Crippen LogP contribution in [0.4, 0.5) is 5.69 Å². The Morgan fingerprint density at radius 2 is 1.74 bits per heavy atom. The number of hydrogen-bond donors (Lipinski definition) is 1. The summed E-state index contributed by atoms with van der Waals surface area (Å²) >= 11 is 0. The van der Waals surface area contributed by atoms with Crippen molar-refractivity contribution in [1.82, 2.24) is 9.80 Å². The quantitative estimate of drug-likeness (QED) is 0.580. The Kier molecular flexibility index (Phi) is 9.31. The molecule has 0 radical (unpaired) electrons. The molecule has 1 saturated heterocycles. The van der Waals surface area contributed by atoms with Crippen LogP contribution in [0.15, 0.2) is 54.6 Å². The number of rotatable bonds is 10. The van der Waals surface area contributed by atoms with Gasteiger partial charge in [0.15, 0.2) is 0 Å². The highest BCUT2D eigenvalue weighted by molar-refractivity contribution is 5.95. The van der Waals surface area contributed by atoms with Crippen LogP contribution in [0.25, 0.3) is 0 Å². The number of likely N-dealkylation sites (tertiary alicyclic amines) is 1. The van der Waals surface area contributed by atoms with Crippen LogP contribution < -0.4 is 14.8 Å². The molecule has 0 aliphatic carbocycles. The first kappa shape index (κ1) is 25.1. The summed E-state index contributed by atoms with van der Waals surface area (Å²) in [6, 6.07) is 16.5. The molecule has 3 rings (SSSR count). The molecule has 8 heteroatoms. The van der Waals surface area contributed by atoms with Gasteiger partial charge in [-0.1, -0.05) is 24.3 Å². The van der Waals surface area contributed by atoms with Crippen molar-refractivity contribution in [3.05, 3.63) is 54.6 Å². The fraction of sp³-hybridized carbons (Fsp3) is 0.423. The monoisotopic (exact) mass is 467 g/mol. The van der Waals surface area contributed by atoms with Gasteiger partial charge in [-0.05, 0) is 44.0 Å². The van der Waals surface area contributed by atoms with Gasteiger partial charge in [0.2, 0.25) is 17.7 Å². The van der Waals surface area contributed by atoms with Gasteiger partial charge in [0, 0.05) is 37.3 Å².